The fourth-order valence-corrected chi connectivity index (χ4v) is 3.75. The first-order chi connectivity index (χ1) is 14.2. The number of imidazole rings is 1. The normalized spacial score (nSPS) is 15.4. The van der Waals surface area contributed by atoms with E-state index in [1.165, 1.54) is 0 Å². The highest BCUT2D eigenvalue weighted by molar-refractivity contribution is 5.88. The van der Waals surface area contributed by atoms with E-state index in [-0.39, 0.29) is 6.10 Å². The van der Waals surface area contributed by atoms with Gasteiger partial charge in [-0.15, -0.1) is 0 Å². The van der Waals surface area contributed by atoms with E-state index in [9.17, 15) is 0 Å². The van der Waals surface area contributed by atoms with Crippen molar-refractivity contribution in [3.63, 3.8) is 0 Å². The average molecular weight is 391 g/mol. The summed E-state index contributed by atoms with van der Waals surface area (Å²) in [4.78, 5) is 9.43. The fraction of sp³-hybridized carbons (Fsp3) is 0.381. The molecule has 3 aromatic heterocycles. The zero-order chi connectivity index (χ0) is 19.8. The lowest BCUT2D eigenvalue weighted by Gasteiger charge is -2.24. The van der Waals surface area contributed by atoms with Crippen LogP contribution < -0.4 is 15.4 Å². The van der Waals surface area contributed by atoms with Crippen molar-refractivity contribution < 1.29 is 4.74 Å². The minimum Gasteiger partial charge on any atom is -0.488 e. The molecule has 1 aromatic carbocycles. The number of piperidine rings is 1. The molecule has 1 aliphatic rings. The molecule has 0 radical (unpaired) electrons. The highest BCUT2D eigenvalue weighted by atomic mass is 16.5. The van der Waals surface area contributed by atoms with Crippen LogP contribution in [0.15, 0.2) is 43.0 Å². The van der Waals surface area contributed by atoms with Gasteiger partial charge in [0.25, 0.3) is 0 Å². The molecule has 1 saturated heterocycles. The van der Waals surface area contributed by atoms with E-state index >= 15 is 0 Å². The van der Waals surface area contributed by atoms with Gasteiger partial charge in [0.05, 0.1) is 17.4 Å². The standard InChI is InChI=1S/C21H25N7O/c1-14(2)28-13-15(12-24-28)25-20-21-23-10-11-27(21)17-4-3-5-18(19(17)26-20)29-16-6-8-22-9-7-16/h3-5,10-14,16,22H,6-9H2,1-2H3,(H,25,26). The number of para-hydroxylation sites is 1. The molecular formula is C21H25N7O. The van der Waals surface area contributed by atoms with Crippen LogP contribution in [0.1, 0.15) is 32.7 Å². The summed E-state index contributed by atoms with van der Waals surface area (Å²) in [6.07, 6.45) is 9.75. The molecule has 0 spiro atoms. The molecule has 0 saturated carbocycles. The van der Waals surface area contributed by atoms with Crippen LogP contribution in [-0.4, -0.2) is 43.3 Å². The minimum absolute atomic E-state index is 0.211. The number of benzene rings is 1. The van der Waals surface area contributed by atoms with Gasteiger partial charge in [0.2, 0.25) is 0 Å². The predicted octanol–water partition coefficient (Wildman–Crippen LogP) is 3.53. The minimum atomic E-state index is 0.211. The van der Waals surface area contributed by atoms with E-state index in [2.05, 4.69) is 34.6 Å². The van der Waals surface area contributed by atoms with Crippen molar-refractivity contribution in [2.75, 3.05) is 18.4 Å². The summed E-state index contributed by atoms with van der Waals surface area (Å²) in [6, 6.07) is 6.36. The summed E-state index contributed by atoms with van der Waals surface area (Å²) >= 11 is 0. The van der Waals surface area contributed by atoms with Gasteiger partial charge in [-0.1, -0.05) is 6.07 Å². The van der Waals surface area contributed by atoms with Gasteiger partial charge in [0, 0.05) is 24.6 Å². The van der Waals surface area contributed by atoms with E-state index in [1.807, 2.05) is 45.9 Å². The molecule has 0 aliphatic carbocycles. The molecule has 5 rings (SSSR count). The van der Waals surface area contributed by atoms with Crippen LogP contribution in [0.3, 0.4) is 0 Å². The second-order valence-corrected chi connectivity index (χ2v) is 7.70. The molecule has 1 aliphatic heterocycles. The van der Waals surface area contributed by atoms with Gasteiger partial charge in [0.1, 0.15) is 17.4 Å². The number of aromatic nitrogens is 5. The Kier molecular flexibility index (Phi) is 4.55. The van der Waals surface area contributed by atoms with E-state index < -0.39 is 0 Å². The lowest BCUT2D eigenvalue weighted by Crippen LogP contribution is -2.34. The number of nitrogens with one attached hydrogen (secondary N) is 2. The zero-order valence-electron chi connectivity index (χ0n) is 16.7. The molecule has 29 heavy (non-hydrogen) atoms. The molecular weight excluding hydrogens is 366 g/mol. The average Bonchev–Trinajstić information content (AvgIpc) is 3.39. The van der Waals surface area contributed by atoms with Gasteiger partial charge in [-0.2, -0.15) is 5.10 Å². The number of rotatable bonds is 5. The second kappa shape index (κ2) is 7.36. The van der Waals surface area contributed by atoms with Gasteiger partial charge in [0.15, 0.2) is 11.5 Å². The summed E-state index contributed by atoms with van der Waals surface area (Å²) in [7, 11) is 0. The Bertz CT molecular complexity index is 1140. The third-order valence-electron chi connectivity index (χ3n) is 5.29. The summed E-state index contributed by atoms with van der Waals surface area (Å²) in [5.74, 6) is 1.50. The first kappa shape index (κ1) is 17.9. The Labute approximate surface area is 168 Å². The summed E-state index contributed by atoms with van der Waals surface area (Å²) in [5, 5.41) is 11.2. The number of ether oxygens (including phenoxy) is 1. The maximum Gasteiger partial charge on any atom is 0.180 e. The molecule has 0 bridgehead atoms. The lowest BCUT2D eigenvalue weighted by molar-refractivity contribution is 0.164. The molecule has 0 unspecified atom stereocenters. The second-order valence-electron chi connectivity index (χ2n) is 7.70. The Morgan fingerprint density at radius 3 is 2.90 bits per heavy atom. The zero-order valence-corrected chi connectivity index (χ0v) is 16.7. The van der Waals surface area contributed by atoms with Gasteiger partial charge in [-0.25, -0.2) is 9.97 Å². The highest BCUT2D eigenvalue weighted by Gasteiger charge is 2.18. The Balaban J connectivity index is 1.57. The topological polar surface area (TPSA) is 81.3 Å². The van der Waals surface area contributed by atoms with Crippen molar-refractivity contribution in [1.82, 2.24) is 29.5 Å². The molecule has 8 heteroatoms. The molecule has 1 fully saturated rings. The molecule has 150 valence electrons. The van der Waals surface area contributed by atoms with E-state index in [1.54, 1.807) is 6.20 Å². The van der Waals surface area contributed by atoms with Crippen LogP contribution in [0.2, 0.25) is 0 Å². The SMILES string of the molecule is CC(C)n1cc(Nc2nc3c(OC4CCNCC4)cccc3n3ccnc23)cn1. The Hall–Kier alpha value is -3.13. The number of anilines is 2. The fourth-order valence-electron chi connectivity index (χ4n) is 3.75. The van der Waals surface area contributed by atoms with Crippen molar-refractivity contribution in [3.05, 3.63) is 43.0 Å². The number of fused-ring (bicyclic) bond motifs is 3. The molecule has 2 N–H and O–H groups in total. The first-order valence-corrected chi connectivity index (χ1v) is 10.1. The molecule has 8 nitrogen and oxygen atoms in total. The van der Waals surface area contributed by atoms with Crippen molar-refractivity contribution in [1.29, 1.82) is 0 Å². The van der Waals surface area contributed by atoms with Crippen LogP contribution in [0.4, 0.5) is 11.5 Å². The first-order valence-electron chi connectivity index (χ1n) is 10.1. The number of hydrogen-bond acceptors (Lipinski definition) is 6. The third-order valence-corrected chi connectivity index (χ3v) is 5.29. The lowest BCUT2D eigenvalue weighted by atomic mass is 10.1. The van der Waals surface area contributed by atoms with Crippen LogP contribution in [0.5, 0.6) is 5.75 Å². The van der Waals surface area contributed by atoms with Crippen LogP contribution in [-0.2, 0) is 0 Å². The maximum absolute atomic E-state index is 6.35. The maximum atomic E-state index is 6.35. The Morgan fingerprint density at radius 1 is 1.24 bits per heavy atom. The van der Waals surface area contributed by atoms with Gasteiger partial charge in [-0.05, 0) is 51.9 Å². The van der Waals surface area contributed by atoms with Crippen LogP contribution in [0.25, 0.3) is 16.7 Å². The summed E-state index contributed by atoms with van der Waals surface area (Å²) in [6.45, 7) is 6.17. The van der Waals surface area contributed by atoms with Gasteiger partial charge >= 0.3 is 0 Å². The highest BCUT2D eigenvalue weighted by Crippen LogP contribution is 2.30. The van der Waals surface area contributed by atoms with Crippen LogP contribution >= 0.6 is 0 Å². The number of nitrogens with zero attached hydrogens (tertiary/aromatic N) is 5. The van der Waals surface area contributed by atoms with Crippen molar-refractivity contribution in [3.8, 4) is 5.75 Å². The van der Waals surface area contributed by atoms with E-state index in [0.717, 1.165) is 54.0 Å². The van der Waals surface area contributed by atoms with Gasteiger partial charge in [-0.3, -0.25) is 9.08 Å². The van der Waals surface area contributed by atoms with Crippen molar-refractivity contribution in [2.45, 2.75) is 38.8 Å². The summed E-state index contributed by atoms with van der Waals surface area (Å²) < 4.78 is 10.3. The molecule has 0 amide bonds. The predicted molar refractivity (Wildman–Crippen MR) is 113 cm³/mol. The molecule has 0 atom stereocenters. The van der Waals surface area contributed by atoms with E-state index in [4.69, 9.17) is 9.72 Å². The molecule has 4 aromatic rings. The van der Waals surface area contributed by atoms with Crippen LogP contribution in [0, 0.1) is 0 Å². The Morgan fingerprint density at radius 2 is 2.10 bits per heavy atom. The number of hydrogen-bond donors (Lipinski definition) is 2. The van der Waals surface area contributed by atoms with E-state index in [0.29, 0.717) is 11.9 Å². The van der Waals surface area contributed by atoms with Crippen molar-refractivity contribution in [2.24, 2.45) is 0 Å². The largest absolute Gasteiger partial charge is 0.488 e. The quantitative estimate of drug-likeness (QED) is 0.542. The molecule has 4 heterocycles. The van der Waals surface area contributed by atoms with Gasteiger partial charge < -0.3 is 15.4 Å². The smallest absolute Gasteiger partial charge is 0.180 e. The monoisotopic (exact) mass is 391 g/mol. The third kappa shape index (κ3) is 3.40. The van der Waals surface area contributed by atoms with Crippen molar-refractivity contribution >= 4 is 28.2 Å². The summed E-state index contributed by atoms with van der Waals surface area (Å²) in [5.41, 5.74) is 3.46.